The Hall–Kier alpha value is -2.91. The maximum absolute atomic E-state index is 12.8. The van der Waals surface area contributed by atoms with Gasteiger partial charge in [-0.2, -0.15) is 23.3 Å². The Morgan fingerprint density at radius 1 is 1.14 bits per heavy atom. The van der Waals surface area contributed by atoms with Gasteiger partial charge in [0.2, 0.25) is 5.95 Å². The smallest absolute Gasteiger partial charge is 0.383 e. The van der Waals surface area contributed by atoms with E-state index in [1.54, 1.807) is 0 Å². The van der Waals surface area contributed by atoms with E-state index in [1.807, 2.05) is 0 Å². The zero-order valence-electron chi connectivity index (χ0n) is 11.0. The van der Waals surface area contributed by atoms with Gasteiger partial charge in [-0.25, -0.2) is 9.97 Å². The van der Waals surface area contributed by atoms with Crippen molar-refractivity contribution in [3.05, 3.63) is 35.3 Å². The molecule has 3 rings (SSSR count). The molecule has 0 fully saturated rings. The number of anilines is 2. The summed E-state index contributed by atoms with van der Waals surface area (Å²) in [6.07, 6.45) is -1.68. The van der Waals surface area contributed by atoms with Crippen LogP contribution in [0.25, 0.3) is 11.0 Å². The molecule has 22 heavy (non-hydrogen) atoms. The minimum Gasteiger partial charge on any atom is -0.383 e. The van der Waals surface area contributed by atoms with E-state index in [1.165, 1.54) is 12.4 Å². The number of nitrogens with zero attached hydrogens (tertiary/aromatic N) is 4. The van der Waals surface area contributed by atoms with Crippen LogP contribution in [0.15, 0.2) is 18.5 Å². The van der Waals surface area contributed by atoms with Gasteiger partial charge in [0.25, 0.3) is 0 Å². The first-order valence-electron chi connectivity index (χ1n) is 6.11. The quantitative estimate of drug-likeness (QED) is 0.660. The van der Waals surface area contributed by atoms with Crippen LogP contribution in [-0.2, 0) is 12.6 Å². The second kappa shape index (κ2) is 4.83. The zero-order chi connectivity index (χ0) is 15.9. The number of rotatable bonds is 2. The molecule has 0 aliphatic rings. The Bertz CT molecular complexity index is 840. The fourth-order valence-electron chi connectivity index (χ4n) is 2.04. The van der Waals surface area contributed by atoms with E-state index < -0.39 is 17.6 Å². The molecule has 3 aromatic rings. The topological polar surface area (TPSA) is 119 Å². The highest BCUT2D eigenvalue weighted by Gasteiger charge is 2.34. The summed E-state index contributed by atoms with van der Waals surface area (Å²) >= 11 is 0. The average molecular weight is 309 g/mol. The number of fused-ring (bicyclic) bond motifs is 1. The van der Waals surface area contributed by atoms with Crippen molar-refractivity contribution in [1.29, 1.82) is 0 Å². The van der Waals surface area contributed by atoms with E-state index in [-0.39, 0.29) is 12.4 Å². The Morgan fingerprint density at radius 3 is 2.64 bits per heavy atom. The van der Waals surface area contributed by atoms with Gasteiger partial charge >= 0.3 is 6.18 Å². The lowest BCUT2D eigenvalue weighted by Gasteiger charge is -2.10. The minimum atomic E-state index is -4.56. The van der Waals surface area contributed by atoms with Crippen molar-refractivity contribution in [3.63, 3.8) is 0 Å². The van der Waals surface area contributed by atoms with Crippen molar-refractivity contribution in [2.75, 3.05) is 11.5 Å². The van der Waals surface area contributed by atoms with Crippen LogP contribution in [0.4, 0.5) is 24.9 Å². The monoisotopic (exact) mass is 309 g/mol. The third kappa shape index (κ3) is 2.50. The van der Waals surface area contributed by atoms with Crippen LogP contribution in [0.3, 0.4) is 0 Å². The van der Waals surface area contributed by atoms with E-state index in [0.717, 1.165) is 6.07 Å². The van der Waals surface area contributed by atoms with E-state index in [0.29, 0.717) is 22.3 Å². The highest BCUT2D eigenvalue weighted by atomic mass is 19.4. The standard InChI is InChI=1S/C12H10F3N7/c13-12(14,15)7-1-5(3-18-9(7)16)2-8-6-4-19-11(17)20-10(6)22-21-8/h1,3-4H,2H2,(H2,16,18)(H3,17,19,20,21,22). The lowest BCUT2D eigenvalue weighted by Crippen LogP contribution is -2.11. The van der Waals surface area contributed by atoms with Crippen molar-refractivity contribution in [3.8, 4) is 0 Å². The maximum atomic E-state index is 12.8. The number of halogens is 3. The van der Waals surface area contributed by atoms with Gasteiger partial charge in [-0.3, -0.25) is 5.10 Å². The number of nitrogens with one attached hydrogen (secondary N) is 1. The SMILES string of the molecule is Nc1ncc2c(Cc3cnc(N)c(C(F)(F)F)c3)n[nH]c2n1. The van der Waals surface area contributed by atoms with E-state index in [2.05, 4.69) is 25.1 Å². The second-order valence-corrected chi connectivity index (χ2v) is 4.61. The molecule has 0 saturated heterocycles. The molecule has 0 saturated carbocycles. The Kier molecular flexibility index (Phi) is 3.08. The average Bonchev–Trinajstić information content (AvgIpc) is 2.82. The van der Waals surface area contributed by atoms with E-state index in [4.69, 9.17) is 11.5 Å². The fraction of sp³-hybridized carbons (Fsp3) is 0.167. The predicted molar refractivity (Wildman–Crippen MR) is 72.6 cm³/mol. The highest BCUT2D eigenvalue weighted by molar-refractivity contribution is 5.77. The molecule has 7 nitrogen and oxygen atoms in total. The number of aromatic nitrogens is 5. The van der Waals surface area contributed by atoms with Crippen LogP contribution in [0.2, 0.25) is 0 Å². The van der Waals surface area contributed by atoms with Crippen molar-refractivity contribution in [2.45, 2.75) is 12.6 Å². The molecule has 0 spiro atoms. The molecule has 3 heterocycles. The van der Waals surface area contributed by atoms with Crippen molar-refractivity contribution >= 4 is 22.8 Å². The summed E-state index contributed by atoms with van der Waals surface area (Å²) in [5.41, 5.74) is 11.0. The summed E-state index contributed by atoms with van der Waals surface area (Å²) < 4.78 is 38.5. The summed E-state index contributed by atoms with van der Waals surface area (Å²) in [6, 6.07) is 0.959. The van der Waals surface area contributed by atoms with Gasteiger partial charge in [0.05, 0.1) is 16.6 Å². The lowest BCUT2D eigenvalue weighted by molar-refractivity contribution is -0.137. The van der Waals surface area contributed by atoms with Crippen LogP contribution in [-0.4, -0.2) is 25.1 Å². The first kappa shape index (κ1) is 14.0. The van der Waals surface area contributed by atoms with Gasteiger partial charge in [-0.05, 0) is 11.6 Å². The summed E-state index contributed by atoms with van der Waals surface area (Å²) in [6.45, 7) is 0. The van der Waals surface area contributed by atoms with Gasteiger partial charge in [-0.15, -0.1) is 0 Å². The molecule has 0 bridgehead atoms. The second-order valence-electron chi connectivity index (χ2n) is 4.61. The largest absolute Gasteiger partial charge is 0.419 e. The van der Waals surface area contributed by atoms with Gasteiger partial charge in [-0.1, -0.05) is 0 Å². The Balaban J connectivity index is 1.99. The number of nitrogen functional groups attached to an aromatic ring is 2. The summed E-state index contributed by atoms with van der Waals surface area (Å²) in [7, 11) is 0. The molecule has 0 aliphatic carbocycles. The van der Waals surface area contributed by atoms with Gasteiger partial charge < -0.3 is 11.5 Å². The van der Waals surface area contributed by atoms with Crippen LogP contribution in [0, 0.1) is 0 Å². The van der Waals surface area contributed by atoms with Crippen molar-refractivity contribution in [1.82, 2.24) is 25.1 Å². The summed E-state index contributed by atoms with van der Waals surface area (Å²) in [5, 5.41) is 7.26. The Labute approximate surface area is 121 Å². The molecule has 5 N–H and O–H groups in total. The molecule has 0 amide bonds. The summed E-state index contributed by atoms with van der Waals surface area (Å²) in [4.78, 5) is 11.4. The predicted octanol–water partition coefficient (Wildman–Crippen LogP) is 1.52. The van der Waals surface area contributed by atoms with Crippen LogP contribution in [0.5, 0.6) is 0 Å². The van der Waals surface area contributed by atoms with Crippen LogP contribution < -0.4 is 11.5 Å². The first-order valence-corrected chi connectivity index (χ1v) is 6.11. The number of pyridine rings is 1. The summed E-state index contributed by atoms with van der Waals surface area (Å²) in [5.74, 6) is -0.476. The fourth-order valence-corrected chi connectivity index (χ4v) is 2.04. The number of alkyl halides is 3. The molecule has 3 aromatic heterocycles. The molecular weight excluding hydrogens is 299 g/mol. The normalized spacial score (nSPS) is 12.0. The molecule has 10 heteroatoms. The lowest BCUT2D eigenvalue weighted by atomic mass is 10.1. The zero-order valence-corrected chi connectivity index (χ0v) is 11.0. The third-order valence-corrected chi connectivity index (χ3v) is 3.07. The molecule has 0 atom stereocenters. The van der Waals surface area contributed by atoms with Crippen molar-refractivity contribution in [2.24, 2.45) is 0 Å². The minimum absolute atomic E-state index is 0.0798. The van der Waals surface area contributed by atoms with Crippen LogP contribution in [0.1, 0.15) is 16.8 Å². The van der Waals surface area contributed by atoms with Gasteiger partial charge in [0.1, 0.15) is 5.82 Å². The van der Waals surface area contributed by atoms with E-state index >= 15 is 0 Å². The van der Waals surface area contributed by atoms with Gasteiger partial charge in [0, 0.05) is 18.8 Å². The number of aromatic amines is 1. The third-order valence-electron chi connectivity index (χ3n) is 3.07. The first-order chi connectivity index (χ1) is 10.3. The van der Waals surface area contributed by atoms with Crippen LogP contribution >= 0.6 is 0 Å². The molecular formula is C12H10F3N7. The van der Waals surface area contributed by atoms with E-state index in [9.17, 15) is 13.2 Å². The molecule has 0 aromatic carbocycles. The number of H-pyrrole nitrogens is 1. The maximum Gasteiger partial charge on any atom is 0.419 e. The molecule has 114 valence electrons. The number of nitrogens with two attached hydrogens (primary N) is 2. The molecule has 0 radical (unpaired) electrons. The molecule has 0 aliphatic heterocycles. The number of hydrogen-bond donors (Lipinski definition) is 3. The Morgan fingerprint density at radius 2 is 1.91 bits per heavy atom. The number of hydrogen-bond acceptors (Lipinski definition) is 6. The molecule has 0 unspecified atom stereocenters. The van der Waals surface area contributed by atoms with Gasteiger partial charge in [0.15, 0.2) is 5.65 Å². The van der Waals surface area contributed by atoms with Crippen molar-refractivity contribution < 1.29 is 13.2 Å². The highest BCUT2D eigenvalue weighted by Crippen LogP contribution is 2.33.